The van der Waals surface area contributed by atoms with Gasteiger partial charge in [0.05, 0.1) is 17.3 Å². The third-order valence-electron chi connectivity index (χ3n) is 4.37. The Morgan fingerprint density at radius 1 is 1.26 bits per heavy atom. The first-order valence-corrected chi connectivity index (χ1v) is 7.14. The number of anilines is 1. The van der Waals surface area contributed by atoms with Crippen LogP contribution in [0.15, 0.2) is 18.2 Å². The summed E-state index contributed by atoms with van der Waals surface area (Å²) in [5.74, 6) is 0. The van der Waals surface area contributed by atoms with Crippen molar-refractivity contribution in [3.05, 3.63) is 28.8 Å². The van der Waals surface area contributed by atoms with Gasteiger partial charge in [-0.1, -0.05) is 17.7 Å². The molecule has 1 aromatic carbocycles. The molecule has 0 aliphatic heterocycles. The fraction of sp³-hybridized carbons (Fsp3) is 0.600. The largest absolute Gasteiger partial charge is 0.392 e. The molecule has 0 radical (unpaired) electrons. The van der Waals surface area contributed by atoms with Gasteiger partial charge in [0.15, 0.2) is 0 Å². The zero-order valence-electron chi connectivity index (χ0n) is 12.0. The molecule has 3 nitrogen and oxygen atoms in total. The maximum Gasteiger partial charge on any atom is 0.0682 e. The van der Waals surface area contributed by atoms with Crippen molar-refractivity contribution in [2.75, 3.05) is 32.6 Å². The van der Waals surface area contributed by atoms with Crippen molar-refractivity contribution in [3.63, 3.8) is 0 Å². The van der Waals surface area contributed by atoms with Crippen molar-refractivity contribution in [1.82, 2.24) is 4.90 Å². The van der Waals surface area contributed by atoms with Gasteiger partial charge in [-0.05, 0) is 51.1 Å². The summed E-state index contributed by atoms with van der Waals surface area (Å²) in [5, 5.41) is 9.83. The second-order valence-corrected chi connectivity index (χ2v) is 6.18. The third-order valence-corrected chi connectivity index (χ3v) is 4.67. The molecule has 106 valence electrons. The van der Waals surface area contributed by atoms with E-state index in [0.717, 1.165) is 17.8 Å². The van der Waals surface area contributed by atoms with Crippen molar-refractivity contribution >= 4 is 17.3 Å². The summed E-state index contributed by atoms with van der Waals surface area (Å²) in [6, 6.07) is 5.77. The molecule has 0 bridgehead atoms. The van der Waals surface area contributed by atoms with Crippen LogP contribution in [-0.2, 0) is 6.61 Å². The highest BCUT2D eigenvalue weighted by molar-refractivity contribution is 6.33. The van der Waals surface area contributed by atoms with Crippen LogP contribution in [0.1, 0.15) is 24.8 Å². The number of hydrogen-bond donors (Lipinski definition) is 1. The van der Waals surface area contributed by atoms with E-state index >= 15 is 0 Å². The molecular weight excluding hydrogens is 260 g/mol. The van der Waals surface area contributed by atoms with Gasteiger partial charge in [0.1, 0.15) is 0 Å². The van der Waals surface area contributed by atoms with Gasteiger partial charge >= 0.3 is 0 Å². The molecule has 0 heterocycles. The molecule has 0 amide bonds. The smallest absolute Gasteiger partial charge is 0.0682 e. The molecule has 1 saturated carbocycles. The number of aliphatic hydroxyl groups is 1. The molecule has 0 saturated heterocycles. The van der Waals surface area contributed by atoms with Crippen molar-refractivity contribution in [2.45, 2.75) is 31.4 Å². The van der Waals surface area contributed by atoms with E-state index in [1.54, 1.807) is 0 Å². The van der Waals surface area contributed by atoms with Crippen molar-refractivity contribution in [2.24, 2.45) is 0 Å². The summed E-state index contributed by atoms with van der Waals surface area (Å²) in [7, 11) is 6.40. The normalized spacial score (nSPS) is 17.4. The van der Waals surface area contributed by atoms with Gasteiger partial charge in [-0.3, -0.25) is 0 Å². The molecule has 1 aliphatic rings. The molecule has 4 heteroatoms. The number of aliphatic hydroxyl groups excluding tert-OH is 1. The Hall–Kier alpha value is -0.770. The lowest BCUT2D eigenvalue weighted by molar-refractivity contribution is 0.0683. The monoisotopic (exact) mass is 282 g/mol. The second-order valence-electron chi connectivity index (χ2n) is 5.77. The zero-order chi connectivity index (χ0) is 14.0. The zero-order valence-corrected chi connectivity index (χ0v) is 12.7. The molecule has 0 spiro atoms. The summed E-state index contributed by atoms with van der Waals surface area (Å²) in [4.78, 5) is 4.56. The van der Waals surface area contributed by atoms with E-state index in [1.807, 2.05) is 18.2 Å². The van der Waals surface area contributed by atoms with E-state index in [1.165, 1.54) is 19.3 Å². The Bertz CT molecular complexity index is 444. The lowest BCUT2D eigenvalue weighted by Gasteiger charge is -2.49. The van der Waals surface area contributed by atoms with Crippen LogP contribution < -0.4 is 4.90 Å². The first-order chi connectivity index (χ1) is 8.98. The molecule has 0 atom stereocenters. The minimum atomic E-state index is 0.0331. The quantitative estimate of drug-likeness (QED) is 0.900. The molecule has 1 N–H and O–H groups in total. The van der Waals surface area contributed by atoms with E-state index in [0.29, 0.717) is 5.02 Å². The minimum Gasteiger partial charge on any atom is -0.392 e. The van der Waals surface area contributed by atoms with Crippen LogP contribution in [0.4, 0.5) is 5.69 Å². The summed E-state index contributed by atoms with van der Waals surface area (Å²) >= 11 is 6.31. The maximum atomic E-state index is 9.12. The van der Waals surface area contributed by atoms with E-state index in [2.05, 4.69) is 30.9 Å². The van der Waals surface area contributed by atoms with Gasteiger partial charge in [0.2, 0.25) is 0 Å². The first-order valence-electron chi connectivity index (χ1n) is 6.76. The SMILES string of the molecule is CN(CC1(N(C)C)CCC1)c1ccc(CO)cc1Cl. The number of halogens is 1. The highest BCUT2D eigenvalue weighted by Gasteiger charge is 2.40. The van der Waals surface area contributed by atoms with Crippen molar-refractivity contribution in [1.29, 1.82) is 0 Å². The molecule has 1 aromatic rings. The molecule has 2 rings (SSSR count). The Morgan fingerprint density at radius 3 is 2.37 bits per heavy atom. The highest BCUT2D eigenvalue weighted by atomic mass is 35.5. The Morgan fingerprint density at radius 2 is 1.95 bits per heavy atom. The summed E-state index contributed by atoms with van der Waals surface area (Å²) in [6.45, 7) is 1.02. The fourth-order valence-corrected chi connectivity index (χ4v) is 3.16. The van der Waals surface area contributed by atoms with Gasteiger partial charge in [-0.25, -0.2) is 0 Å². The fourth-order valence-electron chi connectivity index (χ4n) is 2.82. The highest BCUT2D eigenvalue weighted by Crippen LogP contribution is 2.38. The van der Waals surface area contributed by atoms with Gasteiger partial charge in [-0.15, -0.1) is 0 Å². The lowest BCUT2D eigenvalue weighted by Crippen LogP contribution is -2.56. The Labute approximate surface area is 120 Å². The molecular formula is C15H23ClN2O. The van der Waals surface area contributed by atoms with E-state index in [-0.39, 0.29) is 12.1 Å². The molecule has 0 aromatic heterocycles. The van der Waals surface area contributed by atoms with Gasteiger partial charge < -0.3 is 14.9 Å². The van der Waals surface area contributed by atoms with Crippen LogP contribution in [0.3, 0.4) is 0 Å². The molecule has 1 aliphatic carbocycles. The number of likely N-dealkylation sites (N-methyl/N-ethyl adjacent to an activating group) is 2. The predicted molar refractivity (Wildman–Crippen MR) is 80.9 cm³/mol. The van der Waals surface area contributed by atoms with Crippen molar-refractivity contribution in [3.8, 4) is 0 Å². The van der Waals surface area contributed by atoms with E-state index in [9.17, 15) is 0 Å². The van der Waals surface area contributed by atoms with E-state index in [4.69, 9.17) is 16.7 Å². The topological polar surface area (TPSA) is 26.7 Å². The molecule has 19 heavy (non-hydrogen) atoms. The Kier molecular flexibility index (Phi) is 4.39. The summed E-state index contributed by atoms with van der Waals surface area (Å²) < 4.78 is 0. The summed E-state index contributed by atoms with van der Waals surface area (Å²) in [5.41, 5.74) is 2.17. The van der Waals surface area contributed by atoms with Gasteiger partial charge in [0.25, 0.3) is 0 Å². The van der Waals surface area contributed by atoms with Crippen LogP contribution in [0.2, 0.25) is 5.02 Å². The molecule has 0 unspecified atom stereocenters. The number of nitrogens with zero attached hydrogens (tertiary/aromatic N) is 2. The summed E-state index contributed by atoms with van der Waals surface area (Å²) in [6.07, 6.45) is 3.80. The third kappa shape index (κ3) is 2.88. The van der Waals surface area contributed by atoms with Crippen LogP contribution in [0.5, 0.6) is 0 Å². The molecule has 1 fully saturated rings. The predicted octanol–water partition coefficient (Wildman–Crippen LogP) is 2.75. The average molecular weight is 283 g/mol. The van der Waals surface area contributed by atoms with Gasteiger partial charge in [0, 0.05) is 19.1 Å². The first kappa shape index (κ1) is 14.6. The Balaban J connectivity index is 2.13. The average Bonchev–Trinajstić information content (AvgIpc) is 2.32. The lowest BCUT2D eigenvalue weighted by atomic mass is 9.75. The van der Waals surface area contributed by atoms with Crippen LogP contribution in [0, 0.1) is 0 Å². The number of hydrogen-bond acceptors (Lipinski definition) is 3. The standard InChI is InChI=1S/C15H23ClN2O/c1-17(2)15(7-4-8-15)11-18(3)14-6-5-12(10-19)9-13(14)16/h5-6,9,19H,4,7-8,10-11H2,1-3H3. The van der Waals surface area contributed by atoms with Crippen LogP contribution in [0.25, 0.3) is 0 Å². The van der Waals surface area contributed by atoms with Gasteiger partial charge in [-0.2, -0.15) is 0 Å². The number of benzene rings is 1. The maximum absolute atomic E-state index is 9.12. The van der Waals surface area contributed by atoms with Crippen LogP contribution >= 0.6 is 11.6 Å². The minimum absolute atomic E-state index is 0.0331. The van der Waals surface area contributed by atoms with Crippen LogP contribution in [-0.4, -0.2) is 43.2 Å². The van der Waals surface area contributed by atoms with Crippen molar-refractivity contribution < 1.29 is 5.11 Å². The number of rotatable bonds is 5. The second kappa shape index (κ2) is 5.70. The van der Waals surface area contributed by atoms with E-state index < -0.39 is 0 Å².